The molecule has 0 aliphatic rings. The lowest BCUT2D eigenvalue weighted by Gasteiger charge is -2.14. The van der Waals surface area contributed by atoms with Crippen LogP contribution >= 0.6 is 0 Å². The molecular weight excluding hydrogens is 244 g/mol. The van der Waals surface area contributed by atoms with Crippen molar-refractivity contribution in [2.45, 2.75) is 19.5 Å². The molecule has 0 amide bonds. The van der Waals surface area contributed by atoms with E-state index in [1.54, 1.807) is 0 Å². The second-order valence-electron chi connectivity index (χ2n) is 5.04. The quantitative estimate of drug-likeness (QED) is 0.766. The third-order valence-corrected chi connectivity index (χ3v) is 3.58. The Hall–Kier alpha value is -2.19. The summed E-state index contributed by atoms with van der Waals surface area (Å²) < 4.78 is 0. The van der Waals surface area contributed by atoms with Crippen LogP contribution in [0.5, 0.6) is 0 Å². The first-order valence-corrected chi connectivity index (χ1v) is 6.95. The Kier molecular flexibility index (Phi) is 3.75. The van der Waals surface area contributed by atoms with Crippen LogP contribution in [-0.4, -0.2) is 4.98 Å². The molecule has 1 heterocycles. The average molecular weight is 262 g/mol. The molecular formula is C18H18N2. The molecule has 20 heavy (non-hydrogen) atoms. The Morgan fingerprint density at radius 2 is 1.85 bits per heavy atom. The molecule has 0 saturated heterocycles. The molecule has 2 heteroatoms. The fourth-order valence-electron chi connectivity index (χ4n) is 2.37. The van der Waals surface area contributed by atoms with Gasteiger partial charge in [-0.15, -0.1) is 0 Å². The van der Waals surface area contributed by atoms with Crippen LogP contribution in [0.3, 0.4) is 0 Å². The lowest BCUT2D eigenvalue weighted by atomic mass is 10.1. The Morgan fingerprint density at radius 3 is 2.70 bits per heavy atom. The lowest BCUT2D eigenvalue weighted by molar-refractivity contribution is 0.575. The zero-order valence-electron chi connectivity index (χ0n) is 11.6. The molecule has 2 aromatic carbocycles. The molecule has 3 rings (SSSR count). The van der Waals surface area contributed by atoms with Crippen molar-refractivity contribution in [1.29, 1.82) is 0 Å². The molecule has 0 aliphatic heterocycles. The predicted octanol–water partition coefficient (Wildman–Crippen LogP) is 4.09. The van der Waals surface area contributed by atoms with Crippen LogP contribution in [0, 0.1) is 0 Å². The molecule has 0 radical (unpaired) electrons. The van der Waals surface area contributed by atoms with E-state index in [-0.39, 0.29) is 0 Å². The number of benzene rings is 2. The van der Waals surface area contributed by atoms with Crippen molar-refractivity contribution in [3.05, 3.63) is 78.0 Å². The summed E-state index contributed by atoms with van der Waals surface area (Å²) >= 11 is 0. The van der Waals surface area contributed by atoms with Gasteiger partial charge in [0.05, 0.1) is 5.52 Å². The van der Waals surface area contributed by atoms with Gasteiger partial charge >= 0.3 is 0 Å². The Morgan fingerprint density at radius 1 is 1.00 bits per heavy atom. The topological polar surface area (TPSA) is 24.9 Å². The molecule has 0 aliphatic carbocycles. The molecule has 1 unspecified atom stereocenters. The van der Waals surface area contributed by atoms with Crippen LogP contribution in [0.4, 0.5) is 0 Å². The average Bonchev–Trinajstić information content (AvgIpc) is 2.53. The first kappa shape index (κ1) is 12.8. The summed E-state index contributed by atoms with van der Waals surface area (Å²) in [5.74, 6) is 0. The minimum atomic E-state index is 0.348. The summed E-state index contributed by atoms with van der Waals surface area (Å²) in [6, 6.07) is 21.4. The zero-order valence-corrected chi connectivity index (χ0v) is 11.6. The Balaban J connectivity index is 1.70. The molecule has 1 aromatic heterocycles. The highest BCUT2D eigenvalue weighted by atomic mass is 14.9. The summed E-state index contributed by atoms with van der Waals surface area (Å²) in [5.41, 5.74) is 3.65. The molecule has 3 aromatic rings. The van der Waals surface area contributed by atoms with Crippen LogP contribution in [0.15, 0.2) is 66.9 Å². The number of aromatic nitrogens is 1. The van der Waals surface area contributed by atoms with Crippen molar-refractivity contribution in [3.63, 3.8) is 0 Å². The molecule has 1 N–H and O–H groups in total. The monoisotopic (exact) mass is 262 g/mol. The molecule has 0 bridgehead atoms. The highest BCUT2D eigenvalue weighted by Gasteiger charge is 2.04. The van der Waals surface area contributed by atoms with Gasteiger partial charge in [-0.25, -0.2) is 0 Å². The van der Waals surface area contributed by atoms with Crippen molar-refractivity contribution in [1.82, 2.24) is 10.3 Å². The summed E-state index contributed by atoms with van der Waals surface area (Å²) in [5, 5.41) is 4.75. The van der Waals surface area contributed by atoms with Gasteiger partial charge in [0.2, 0.25) is 0 Å². The number of nitrogens with one attached hydrogen (secondary N) is 1. The minimum Gasteiger partial charge on any atom is -0.306 e. The van der Waals surface area contributed by atoms with Gasteiger partial charge < -0.3 is 5.32 Å². The number of hydrogen-bond donors (Lipinski definition) is 1. The Bertz CT molecular complexity index is 692. The molecule has 2 nitrogen and oxygen atoms in total. The maximum atomic E-state index is 4.34. The summed E-state index contributed by atoms with van der Waals surface area (Å²) in [4.78, 5) is 4.34. The van der Waals surface area contributed by atoms with Crippen LogP contribution in [0.1, 0.15) is 24.1 Å². The van der Waals surface area contributed by atoms with Crippen molar-refractivity contribution < 1.29 is 0 Å². The van der Waals surface area contributed by atoms with Gasteiger partial charge in [0.1, 0.15) is 0 Å². The fourth-order valence-corrected chi connectivity index (χ4v) is 2.37. The predicted molar refractivity (Wildman–Crippen MR) is 83.4 cm³/mol. The van der Waals surface area contributed by atoms with E-state index in [1.807, 2.05) is 18.3 Å². The highest BCUT2D eigenvalue weighted by molar-refractivity contribution is 5.78. The summed E-state index contributed by atoms with van der Waals surface area (Å²) in [6.45, 7) is 3.05. The smallest absolute Gasteiger partial charge is 0.0702 e. The van der Waals surface area contributed by atoms with E-state index in [9.17, 15) is 0 Å². The largest absolute Gasteiger partial charge is 0.306 e. The number of fused-ring (bicyclic) bond motifs is 1. The lowest BCUT2D eigenvalue weighted by Crippen LogP contribution is -2.17. The third kappa shape index (κ3) is 2.86. The van der Waals surface area contributed by atoms with Crippen molar-refractivity contribution in [2.24, 2.45) is 0 Å². The van der Waals surface area contributed by atoms with Crippen LogP contribution < -0.4 is 5.32 Å². The SMILES string of the molecule is CC(NCc1ccc2ncccc2c1)c1ccccc1. The van der Waals surface area contributed by atoms with Gasteiger partial charge in [-0.3, -0.25) is 4.98 Å². The van der Waals surface area contributed by atoms with Gasteiger partial charge in [0.25, 0.3) is 0 Å². The van der Waals surface area contributed by atoms with E-state index in [0.29, 0.717) is 6.04 Å². The van der Waals surface area contributed by atoms with E-state index in [2.05, 4.69) is 65.8 Å². The van der Waals surface area contributed by atoms with Crippen LogP contribution in [0.2, 0.25) is 0 Å². The number of pyridine rings is 1. The first-order chi connectivity index (χ1) is 9.83. The standard InChI is InChI=1S/C18H18N2/c1-14(16-6-3-2-4-7-16)20-13-15-9-10-18-17(12-15)8-5-11-19-18/h2-12,14,20H,13H2,1H3. The van der Waals surface area contributed by atoms with Gasteiger partial charge in [0, 0.05) is 24.2 Å². The minimum absolute atomic E-state index is 0.348. The first-order valence-electron chi connectivity index (χ1n) is 6.95. The van der Waals surface area contributed by atoms with Crippen LogP contribution in [-0.2, 0) is 6.54 Å². The van der Waals surface area contributed by atoms with E-state index in [4.69, 9.17) is 0 Å². The maximum absolute atomic E-state index is 4.34. The maximum Gasteiger partial charge on any atom is 0.0702 e. The van der Waals surface area contributed by atoms with E-state index in [1.165, 1.54) is 16.5 Å². The number of nitrogens with zero attached hydrogens (tertiary/aromatic N) is 1. The van der Waals surface area contributed by atoms with Gasteiger partial charge in [-0.05, 0) is 36.2 Å². The number of hydrogen-bond acceptors (Lipinski definition) is 2. The Labute approximate surface area is 119 Å². The van der Waals surface area contributed by atoms with Crippen molar-refractivity contribution in [3.8, 4) is 0 Å². The normalized spacial score (nSPS) is 12.4. The molecule has 0 fully saturated rings. The van der Waals surface area contributed by atoms with E-state index < -0.39 is 0 Å². The molecule has 100 valence electrons. The second-order valence-corrected chi connectivity index (χ2v) is 5.04. The van der Waals surface area contributed by atoms with Gasteiger partial charge in [-0.2, -0.15) is 0 Å². The fraction of sp³-hybridized carbons (Fsp3) is 0.167. The van der Waals surface area contributed by atoms with Gasteiger partial charge in [0.15, 0.2) is 0 Å². The number of rotatable bonds is 4. The highest BCUT2D eigenvalue weighted by Crippen LogP contribution is 2.15. The molecule has 0 saturated carbocycles. The van der Waals surface area contributed by atoms with Gasteiger partial charge in [-0.1, -0.05) is 42.5 Å². The van der Waals surface area contributed by atoms with E-state index >= 15 is 0 Å². The summed E-state index contributed by atoms with van der Waals surface area (Å²) in [6.07, 6.45) is 1.83. The zero-order chi connectivity index (χ0) is 13.8. The third-order valence-electron chi connectivity index (χ3n) is 3.58. The molecule has 0 spiro atoms. The second kappa shape index (κ2) is 5.85. The van der Waals surface area contributed by atoms with E-state index in [0.717, 1.165) is 12.1 Å². The van der Waals surface area contributed by atoms with Crippen molar-refractivity contribution in [2.75, 3.05) is 0 Å². The van der Waals surface area contributed by atoms with Crippen molar-refractivity contribution >= 4 is 10.9 Å². The summed E-state index contributed by atoms with van der Waals surface area (Å²) in [7, 11) is 0. The van der Waals surface area contributed by atoms with Crippen LogP contribution in [0.25, 0.3) is 10.9 Å². The molecule has 1 atom stereocenters.